The minimum absolute atomic E-state index is 0.209. The van der Waals surface area contributed by atoms with Gasteiger partial charge >= 0.3 is 0 Å². The highest BCUT2D eigenvalue weighted by Crippen LogP contribution is 2.50. The lowest BCUT2D eigenvalue weighted by Crippen LogP contribution is -2.41. The number of carbonyl (C=O) groups excluding carboxylic acids is 1. The SMILES string of the molecule is O=C(NC1CCCCCC1)C1(c2ccc3c(c2)OCCO3)CC1. The molecule has 0 aromatic heterocycles. The van der Waals surface area contributed by atoms with Gasteiger partial charge in [-0.15, -0.1) is 0 Å². The van der Waals surface area contributed by atoms with Crippen molar-refractivity contribution in [1.29, 1.82) is 0 Å². The van der Waals surface area contributed by atoms with E-state index in [0.717, 1.165) is 42.7 Å². The lowest BCUT2D eigenvalue weighted by atomic mass is 9.93. The Morgan fingerprint density at radius 2 is 1.70 bits per heavy atom. The van der Waals surface area contributed by atoms with E-state index < -0.39 is 0 Å². The molecule has 2 saturated carbocycles. The van der Waals surface area contributed by atoms with E-state index in [0.29, 0.717) is 19.3 Å². The zero-order chi connectivity index (χ0) is 15.7. The highest BCUT2D eigenvalue weighted by atomic mass is 16.6. The molecule has 4 nitrogen and oxygen atoms in total. The van der Waals surface area contributed by atoms with Crippen LogP contribution in [0.2, 0.25) is 0 Å². The molecule has 2 aliphatic carbocycles. The minimum atomic E-state index is -0.331. The molecule has 0 spiro atoms. The van der Waals surface area contributed by atoms with Crippen LogP contribution in [0.1, 0.15) is 56.9 Å². The molecule has 23 heavy (non-hydrogen) atoms. The average molecular weight is 315 g/mol. The maximum atomic E-state index is 12.9. The van der Waals surface area contributed by atoms with Crippen LogP contribution in [0, 0.1) is 0 Å². The highest BCUT2D eigenvalue weighted by molar-refractivity contribution is 5.91. The van der Waals surface area contributed by atoms with Gasteiger partial charge in [-0.3, -0.25) is 4.79 Å². The van der Waals surface area contributed by atoms with Crippen LogP contribution in [0.3, 0.4) is 0 Å². The number of amides is 1. The summed E-state index contributed by atoms with van der Waals surface area (Å²) in [5.74, 6) is 1.78. The predicted octanol–water partition coefficient (Wildman–Crippen LogP) is 3.33. The summed E-state index contributed by atoms with van der Waals surface area (Å²) in [6.07, 6.45) is 9.21. The molecule has 1 aromatic carbocycles. The van der Waals surface area contributed by atoms with E-state index in [1.165, 1.54) is 25.7 Å². The largest absolute Gasteiger partial charge is 0.486 e. The molecule has 124 valence electrons. The summed E-state index contributed by atoms with van der Waals surface area (Å²) in [4.78, 5) is 12.9. The van der Waals surface area contributed by atoms with Gasteiger partial charge in [0.1, 0.15) is 13.2 Å². The van der Waals surface area contributed by atoms with E-state index in [-0.39, 0.29) is 11.3 Å². The summed E-state index contributed by atoms with van der Waals surface area (Å²) in [5, 5.41) is 3.33. The zero-order valence-electron chi connectivity index (χ0n) is 13.6. The monoisotopic (exact) mass is 315 g/mol. The van der Waals surface area contributed by atoms with Crippen LogP contribution in [0.5, 0.6) is 11.5 Å². The quantitative estimate of drug-likeness (QED) is 0.870. The lowest BCUT2D eigenvalue weighted by molar-refractivity contribution is -0.124. The maximum absolute atomic E-state index is 12.9. The van der Waals surface area contributed by atoms with E-state index in [1.807, 2.05) is 18.2 Å². The molecule has 1 aliphatic heterocycles. The Balaban J connectivity index is 1.50. The predicted molar refractivity (Wildman–Crippen MR) is 88.0 cm³/mol. The summed E-state index contributed by atoms with van der Waals surface area (Å²) in [5.41, 5.74) is 0.746. The van der Waals surface area contributed by atoms with Gasteiger partial charge in [0.15, 0.2) is 11.5 Å². The maximum Gasteiger partial charge on any atom is 0.230 e. The number of benzene rings is 1. The smallest absolute Gasteiger partial charge is 0.230 e. The van der Waals surface area contributed by atoms with Crippen LogP contribution in [-0.2, 0) is 10.2 Å². The van der Waals surface area contributed by atoms with Crippen LogP contribution in [0.15, 0.2) is 18.2 Å². The van der Waals surface area contributed by atoms with Gasteiger partial charge in [-0.2, -0.15) is 0 Å². The van der Waals surface area contributed by atoms with Crippen LogP contribution in [0.4, 0.5) is 0 Å². The molecule has 1 N–H and O–H groups in total. The Kier molecular flexibility index (Phi) is 3.92. The van der Waals surface area contributed by atoms with Crippen molar-refractivity contribution in [2.45, 2.75) is 62.8 Å². The first-order chi connectivity index (χ1) is 11.3. The number of ether oxygens (including phenoxy) is 2. The first-order valence-corrected chi connectivity index (χ1v) is 8.99. The summed E-state index contributed by atoms with van der Waals surface area (Å²) in [6.45, 7) is 1.18. The summed E-state index contributed by atoms with van der Waals surface area (Å²) >= 11 is 0. The normalized spacial score (nSPS) is 23.0. The molecule has 4 rings (SSSR count). The number of fused-ring (bicyclic) bond motifs is 1. The minimum Gasteiger partial charge on any atom is -0.486 e. The molecule has 0 unspecified atom stereocenters. The second-order valence-corrected chi connectivity index (χ2v) is 7.10. The second kappa shape index (κ2) is 6.06. The third kappa shape index (κ3) is 2.91. The van der Waals surface area contributed by atoms with E-state index in [1.54, 1.807) is 0 Å². The van der Waals surface area contributed by atoms with Crippen molar-refractivity contribution in [1.82, 2.24) is 5.32 Å². The Bertz CT molecular complexity index is 586. The molecular weight excluding hydrogens is 290 g/mol. The number of hydrogen-bond donors (Lipinski definition) is 1. The molecule has 1 aromatic rings. The zero-order valence-corrected chi connectivity index (χ0v) is 13.6. The fourth-order valence-electron chi connectivity index (χ4n) is 3.86. The molecule has 1 heterocycles. The molecule has 0 bridgehead atoms. The van der Waals surface area contributed by atoms with Gasteiger partial charge < -0.3 is 14.8 Å². The van der Waals surface area contributed by atoms with Crippen LogP contribution in [0.25, 0.3) is 0 Å². The Morgan fingerprint density at radius 3 is 2.39 bits per heavy atom. The van der Waals surface area contributed by atoms with Crippen LogP contribution < -0.4 is 14.8 Å². The highest BCUT2D eigenvalue weighted by Gasteiger charge is 2.51. The van der Waals surface area contributed by atoms with Gasteiger partial charge in [0, 0.05) is 6.04 Å². The van der Waals surface area contributed by atoms with Crippen molar-refractivity contribution in [3.05, 3.63) is 23.8 Å². The number of carbonyl (C=O) groups is 1. The van der Waals surface area contributed by atoms with Crippen molar-refractivity contribution < 1.29 is 14.3 Å². The van der Waals surface area contributed by atoms with Crippen molar-refractivity contribution in [3.8, 4) is 11.5 Å². The Hall–Kier alpha value is -1.71. The van der Waals surface area contributed by atoms with Crippen LogP contribution >= 0.6 is 0 Å². The lowest BCUT2D eigenvalue weighted by Gasteiger charge is -2.24. The topological polar surface area (TPSA) is 47.6 Å². The van der Waals surface area contributed by atoms with E-state index in [4.69, 9.17) is 9.47 Å². The molecule has 1 amide bonds. The molecule has 0 saturated heterocycles. The van der Waals surface area contributed by atoms with E-state index in [9.17, 15) is 4.79 Å². The third-order valence-corrected chi connectivity index (χ3v) is 5.47. The van der Waals surface area contributed by atoms with Gasteiger partial charge in [-0.25, -0.2) is 0 Å². The van der Waals surface area contributed by atoms with Gasteiger partial charge in [-0.05, 0) is 43.4 Å². The van der Waals surface area contributed by atoms with Crippen molar-refractivity contribution in [3.63, 3.8) is 0 Å². The number of hydrogen-bond acceptors (Lipinski definition) is 3. The molecule has 4 heteroatoms. The second-order valence-electron chi connectivity index (χ2n) is 7.10. The molecule has 0 atom stereocenters. The Labute approximate surface area is 137 Å². The third-order valence-electron chi connectivity index (χ3n) is 5.47. The van der Waals surface area contributed by atoms with Crippen LogP contribution in [-0.4, -0.2) is 25.2 Å². The van der Waals surface area contributed by atoms with Gasteiger partial charge in [-0.1, -0.05) is 31.7 Å². The van der Waals surface area contributed by atoms with E-state index >= 15 is 0 Å². The van der Waals surface area contributed by atoms with E-state index in [2.05, 4.69) is 5.32 Å². The molecule has 2 fully saturated rings. The van der Waals surface area contributed by atoms with Gasteiger partial charge in [0.05, 0.1) is 5.41 Å². The van der Waals surface area contributed by atoms with Crippen molar-refractivity contribution in [2.75, 3.05) is 13.2 Å². The van der Waals surface area contributed by atoms with Gasteiger partial charge in [0.25, 0.3) is 0 Å². The summed E-state index contributed by atoms with van der Waals surface area (Å²) < 4.78 is 11.3. The average Bonchev–Trinajstić information content (AvgIpc) is 3.40. The standard InChI is InChI=1S/C19H25NO3/c21-18(20-15-5-3-1-2-4-6-15)19(9-10-19)14-7-8-16-17(13-14)23-12-11-22-16/h7-8,13,15H,1-6,9-12H2,(H,20,21). The summed E-state index contributed by atoms with van der Waals surface area (Å²) in [7, 11) is 0. The van der Waals surface area contributed by atoms with Gasteiger partial charge in [0.2, 0.25) is 5.91 Å². The number of rotatable bonds is 3. The fourth-order valence-corrected chi connectivity index (χ4v) is 3.86. The van der Waals surface area contributed by atoms with Crippen molar-refractivity contribution >= 4 is 5.91 Å². The fraction of sp³-hybridized carbons (Fsp3) is 0.632. The summed E-state index contributed by atoms with van der Waals surface area (Å²) in [6, 6.07) is 6.35. The first-order valence-electron chi connectivity index (χ1n) is 8.99. The first kappa shape index (κ1) is 14.9. The molecule has 0 radical (unpaired) electrons. The Morgan fingerprint density at radius 1 is 1.00 bits per heavy atom. The van der Waals surface area contributed by atoms with Crippen molar-refractivity contribution in [2.24, 2.45) is 0 Å². The molecular formula is C19H25NO3. The number of nitrogens with one attached hydrogen (secondary N) is 1. The molecule has 3 aliphatic rings.